The Balaban J connectivity index is 1.86. The van der Waals surface area contributed by atoms with Crippen LogP contribution in [-0.2, 0) is 0 Å². The molecule has 0 N–H and O–H groups in total. The summed E-state index contributed by atoms with van der Waals surface area (Å²) in [6.07, 6.45) is 5.50. The lowest BCUT2D eigenvalue weighted by Gasteiger charge is -2.43. The number of nitrogens with zero attached hydrogens (tertiary/aromatic N) is 3. The third-order valence-electron chi connectivity index (χ3n) is 6.35. The Kier molecular flexibility index (Phi) is 8.30. The molecule has 0 spiro atoms. The summed E-state index contributed by atoms with van der Waals surface area (Å²) in [6, 6.07) is 19.3. The fourth-order valence-corrected chi connectivity index (χ4v) is 4.60. The number of allylic oxidation sites excluding steroid dienone is 1. The number of likely N-dealkylation sites (tertiary alicyclic amines) is 1. The number of rotatable bonds is 8. The standard InChI is InChI=1S/C27H37N3O/c1-5-8-19-28-20-18-26(22(4)21-28)30(24-12-10-9-11-13-24)25-16-14-23(15-17-25)27(31)29(6-2)7-3/h5,8-17,22,26H,6-7,18-21H2,1-4H3/b8-5+/t22-,26+/m1/s1. The van der Waals surface area contributed by atoms with E-state index in [2.05, 4.69) is 78.3 Å². The molecule has 2 aromatic carbocycles. The molecule has 2 aromatic rings. The molecule has 0 saturated carbocycles. The van der Waals surface area contributed by atoms with Gasteiger partial charge in [0.05, 0.1) is 0 Å². The number of carbonyl (C=O) groups excluding carboxylic acids is 1. The largest absolute Gasteiger partial charge is 0.339 e. The molecule has 3 rings (SSSR count). The molecule has 0 unspecified atom stereocenters. The Hall–Kier alpha value is -2.59. The molecule has 1 aliphatic rings. The van der Waals surface area contributed by atoms with Crippen LogP contribution in [0.3, 0.4) is 0 Å². The van der Waals surface area contributed by atoms with E-state index in [1.165, 1.54) is 5.69 Å². The molecule has 1 saturated heterocycles. The monoisotopic (exact) mass is 419 g/mol. The maximum absolute atomic E-state index is 12.7. The average molecular weight is 420 g/mol. The van der Waals surface area contributed by atoms with Crippen LogP contribution in [0.5, 0.6) is 0 Å². The van der Waals surface area contributed by atoms with Crippen molar-refractivity contribution >= 4 is 17.3 Å². The molecule has 0 radical (unpaired) electrons. The van der Waals surface area contributed by atoms with Crippen molar-refractivity contribution in [3.05, 3.63) is 72.3 Å². The number of carbonyl (C=O) groups is 1. The van der Waals surface area contributed by atoms with Crippen LogP contribution in [0.4, 0.5) is 11.4 Å². The van der Waals surface area contributed by atoms with E-state index in [0.29, 0.717) is 12.0 Å². The van der Waals surface area contributed by atoms with E-state index < -0.39 is 0 Å². The lowest BCUT2D eigenvalue weighted by molar-refractivity contribution is 0.0773. The summed E-state index contributed by atoms with van der Waals surface area (Å²) in [5, 5.41) is 0. The zero-order valence-corrected chi connectivity index (χ0v) is 19.5. The number of piperidine rings is 1. The second kappa shape index (κ2) is 11.1. The van der Waals surface area contributed by atoms with Gasteiger partial charge in [-0.05, 0) is 69.5 Å². The Morgan fingerprint density at radius 1 is 1.03 bits per heavy atom. The van der Waals surface area contributed by atoms with E-state index in [-0.39, 0.29) is 5.91 Å². The molecule has 1 fully saturated rings. The molecule has 166 valence electrons. The van der Waals surface area contributed by atoms with Gasteiger partial charge in [0.2, 0.25) is 0 Å². The van der Waals surface area contributed by atoms with Crippen LogP contribution in [0.1, 0.15) is 44.5 Å². The summed E-state index contributed by atoms with van der Waals surface area (Å²) in [7, 11) is 0. The van der Waals surface area contributed by atoms with Gasteiger partial charge in [-0.15, -0.1) is 0 Å². The predicted molar refractivity (Wildman–Crippen MR) is 131 cm³/mol. The van der Waals surface area contributed by atoms with Gasteiger partial charge in [-0.3, -0.25) is 9.69 Å². The van der Waals surface area contributed by atoms with Gasteiger partial charge in [0.15, 0.2) is 0 Å². The molecular weight excluding hydrogens is 382 g/mol. The Morgan fingerprint density at radius 2 is 1.68 bits per heavy atom. The van der Waals surface area contributed by atoms with E-state index in [1.807, 2.05) is 30.9 Å². The second-order valence-corrected chi connectivity index (χ2v) is 8.39. The topological polar surface area (TPSA) is 26.8 Å². The molecule has 0 aliphatic carbocycles. The number of benzene rings is 2. The maximum Gasteiger partial charge on any atom is 0.253 e. The first-order chi connectivity index (χ1) is 15.1. The van der Waals surface area contributed by atoms with Gasteiger partial charge in [-0.25, -0.2) is 0 Å². The van der Waals surface area contributed by atoms with Crippen LogP contribution in [-0.4, -0.2) is 54.5 Å². The molecule has 31 heavy (non-hydrogen) atoms. The minimum atomic E-state index is 0.105. The molecular formula is C27H37N3O. The van der Waals surface area contributed by atoms with E-state index in [9.17, 15) is 4.79 Å². The van der Waals surface area contributed by atoms with Crippen molar-refractivity contribution in [3.63, 3.8) is 0 Å². The third-order valence-corrected chi connectivity index (χ3v) is 6.35. The van der Waals surface area contributed by atoms with E-state index in [0.717, 1.165) is 50.4 Å². The Morgan fingerprint density at radius 3 is 2.26 bits per heavy atom. The third kappa shape index (κ3) is 5.56. The summed E-state index contributed by atoms with van der Waals surface area (Å²) < 4.78 is 0. The average Bonchev–Trinajstić information content (AvgIpc) is 2.81. The van der Waals surface area contributed by atoms with Crippen molar-refractivity contribution in [2.75, 3.05) is 37.6 Å². The maximum atomic E-state index is 12.7. The Bertz CT molecular complexity index is 843. The number of hydrogen-bond acceptors (Lipinski definition) is 3. The molecule has 1 amide bonds. The molecule has 4 nitrogen and oxygen atoms in total. The minimum absolute atomic E-state index is 0.105. The zero-order chi connectivity index (χ0) is 22.2. The first kappa shape index (κ1) is 23.1. The van der Waals surface area contributed by atoms with Crippen LogP contribution >= 0.6 is 0 Å². The number of para-hydroxylation sites is 1. The molecule has 0 bridgehead atoms. The first-order valence-corrected chi connectivity index (χ1v) is 11.7. The smallest absolute Gasteiger partial charge is 0.253 e. The van der Waals surface area contributed by atoms with Gasteiger partial charge in [0.25, 0.3) is 5.91 Å². The van der Waals surface area contributed by atoms with Gasteiger partial charge < -0.3 is 9.80 Å². The quantitative estimate of drug-likeness (QED) is 0.522. The van der Waals surface area contributed by atoms with Crippen molar-refractivity contribution in [1.29, 1.82) is 0 Å². The molecule has 1 aliphatic heterocycles. The number of amides is 1. The lowest BCUT2D eigenvalue weighted by atomic mass is 9.91. The van der Waals surface area contributed by atoms with Crippen LogP contribution in [0.2, 0.25) is 0 Å². The number of hydrogen-bond donors (Lipinski definition) is 0. The van der Waals surface area contributed by atoms with Gasteiger partial charge in [-0.2, -0.15) is 0 Å². The SMILES string of the molecule is C/C=C/CN1CC[C@H](N(c2ccccc2)c2ccc(C(=O)N(CC)CC)cc2)[C@H](C)C1. The van der Waals surface area contributed by atoms with Crippen molar-refractivity contribution < 1.29 is 4.79 Å². The number of anilines is 2. The van der Waals surface area contributed by atoms with Crippen molar-refractivity contribution in [2.24, 2.45) is 5.92 Å². The van der Waals surface area contributed by atoms with Gasteiger partial charge in [0.1, 0.15) is 0 Å². The second-order valence-electron chi connectivity index (χ2n) is 8.39. The first-order valence-electron chi connectivity index (χ1n) is 11.7. The highest BCUT2D eigenvalue weighted by Gasteiger charge is 2.31. The molecule has 0 aromatic heterocycles. The fourth-order valence-electron chi connectivity index (χ4n) is 4.60. The fraction of sp³-hybridized carbons (Fsp3) is 0.444. The van der Waals surface area contributed by atoms with E-state index in [1.54, 1.807) is 0 Å². The highest BCUT2D eigenvalue weighted by molar-refractivity contribution is 5.94. The zero-order valence-electron chi connectivity index (χ0n) is 19.5. The summed E-state index contributed by atoms with van der Waals surface area (Å²) in [4.78, 5) is 19.6. The van der Waals surface area contributed by atoms with Crippen LogP contribution < -0.4 is 4.90 Å². The summed E-state index contributed by atoms with van der Waals surface area (Å²) in [5.74, 6) is 0.643. The summed E-state index contributed by atoms with van der Waals surface area (Å²) in [6.45, 7) is 13.2. The summed E-state index contributed by atoms with van der Waals surface area (Å²) in [5.41, 5.74) is 3.12. The van der Waals surface area contributed by atoms with Crippen LogP contribution in [0, 0.1) is 5.92 Å². The Labute approximate surface area is 188 Å². The minimum Gasteiger partial charge on any atom is -0.339 e. The highest BCUT2D eigenvalue weighted by atomic mass is 16.2. The van der Waals surface area contributed by atoms with Crippen molar-refractivity contribution in [1.82, 2.24) is 9.80 Å². The van der Waals surface area contributed by atoms with Crippen molar-refractivity contribution in [2.45, 2.75) is 40.2 Å². The molecule has 4 heteroatoms. The van der Waals surface area contributed by atoms with Crippen molar-refractivity contribution in [3.8, 4) is 0 Å². The molecule has 2 atom stereocenters. The van der Waals surface area contributed by atoms with Gasteiger partial charge in [0, 0.05) is 55.7 Å². The van der Waals surface area contributed by atoms with Gasteiger partial charge in [-0.1, -0.05) is 37.3 Å². The summed E-state index contributed by atoms with van der Waals surface area (Å²) >= 11 is 0. The highest BCUT2D eigenvalue weighted by Crippen LogP contribution is 2.34. The van der Waals surface area contributed by atoms with Crippen LogP contribution in [0.25, 0.3) is 0 Å². The normalized spacial score (nSPS) is 19.5. The predicted octanol–water partition coefficient (Wildman–Crippen LogP) is 5.59. The molecule has 1 heterocycles. The lowest BCUT2D eigenvalue weighted by Crippen LogP contribution is -2.48. The van der Waals surface area contributed by atoms with E-state index >= 15 is 0 Å². The van der Waals surface area contributed by atoms with E-state index in [4.69, 9.17) is 0 Å². The van der Waals surface area contributed by atoms with Crippen LogP contribution in [0.15, 0.2) is 66.7 Å². The van der Waals surface area contributed by atoms with Gasteiger partial charge >= 0.3 is 0 Å².